The van der Waals surface area contributed by atoms with Crippen molar-refractivity contribution in [2.75, 3.05) is 13.7 Å². The maximum atomic E-state index is 5.15. The molecule has 2 N–H and O–H groups in total. The zero-order valence-corrected chi connectivity index (χ0v) is 12.4. The molecule has 3 aliphatic rings. The summed E-state index contributed by atoms with van der Waals surface area (Å²) in [7, 11) is 2.17. The second kappa shape index (κ2) is 6.53. The van der Waals surface area contributed by atoms with E-state index in [9.17, 15) is 0 Å². The Morgan fingerprint density at radius 1 is 0.947 bits per heavy atom. The number of hydrogen-bond donors (Lipinski definition) is 2. The van der Waals surface area contributed by atoms with Crippen molar-refractivity contribution in [2.45, 2.75) is 82.6 Å². The summed E-state index contributed by atoms with van der Waals surface area (Å²) in [5.74, 6) is 0. The topological polar surface area (TPSA) is 33.8 Å². The summed E-state index contributed by atoms with van der Waals surface area (Å²) in [6.45, 7) is 1.12. The number of rotatable bonds is 3. The normalized spacial score (nSPS) is 35.8. The van der Waals surface area contributed by atoms with Gasteiger partial charge in [-0.1, -0.05) is 38.5 Å². The summed E-state index contributed by atoms with van der Waals surface area (Å²) < 4.78 is 0. The second-order valence-corrected chi connectivity index (χ2v) is 6.74. The van der Waals surface area contributed by atoms with E-state index in [0.29, 0.717) is 12.3 Å². The summed E-state index contributed by atoms with van der Waals surface area (Å²) in [5, 5.41) is 7.40. The Labute approximate surface area is 117 Å². The van der Waals surface area contributed by atoms with Crippen molar-refractivity contribution in [3.05, 3.63) is 5.32 Å². The summed E-state index contributed by atoms with van der Waals surface area (Å²) in [6, 6.07) is 1.46. The summed E-state index contributed by atoms with van der Waals surface area (Å²) in [4.78, 5) is 1.69. The van der Waals surface area contributed by atoms with Crippen LogP contribution in [0.3, 0.4) is 0 Å². The largest absolute Gasteiger partial charge is 0.592 e. The molecule has 110 valence electrons. The van der Waals surface area contributed by atoms with Gasteiger partial charge >= 0.3 is 0 Å². The highest BCUT2D eigenvalue weighted by Crippen LogP contribution is 2.24. The van der Waals surface area contributed by atoms with E-state index in [1.54, 1.807) is 4.90 Å². The molecule has 0 bridgehead atoms. The van der Waals surface area contributed by atoms with Gasteiger partial charge in [0.25, 0.3) is 0 Å². The number of nitrogens with zero attached hydrogens (tertiary/aromatic N) is 2. The van der Waals surface area contributed by atoms with Crippen LogP contribution in [0.25, 0.3) is 5.32 Å². The molecule has 3 fully saturated rings. The fraction of sp³-hybridized carbons (Fsp3) is 1.00. The molecule has 0 amide bonds. The molecular weight excluding hydrogens is 236 g/mol. The molecule has 4 nitrogen and oxygen atoms in total. The van der Waals surface area contributed by atoms with E-state index in [0.717, 1.165) is 12.7 Å². The molecular formula is C15H30N4. The molecule has 1 saturated heterocycles. The van der Waals surface area contributed by atoms with Crippen LogP contribution in [0.2, 0.25) is 0 Å². The Morgan fingerprint density at radius 2 is 1.58 bits per heavy atom. The van der Waals surface area contributed by atoms with Crippen molar-refractivity contribution < 1.29 is 4.90 Å². The molecule has 0 spiro atoms. The van der Waals surface area contributed by atoms with Crippen LogP contribution in [0, 0.1) is 0 Å². The van der Waals surface area contributed by atoms with Crippen LogP contribution in [-0.2, 0) is 0 Å². The van der Waals surface area contributed by atoms with Crippen LogP contribution in [-0.4, -0.2) is 37.1 Å². The molecule has 2 saturated carbocycles. The quantitative estimate of drug-likeness (QED) is 0.813. The fourth-order valence-electron chi connectivity index (χ4n) is 4.09. The molecule has 2 unspecified atom stereocenters. The molecule has 1 heterocycles. The van der Waals surface area contributed by atoms with Gasteiger partial charge in [0.05, 0.1) is 12.3 Å². The highest BCUT2D eigenvalue weighted by atomic mass is 15.7. The standard InChI is InChI=1S/C15H29N4/c1-18-12-19(14-10-6-3-7-11-14)15(17-18)16-13-8-4-2-5-9-13/h13-15,17H,2-12H2,1H3/q-1/p+1. The van der Waals surface area contributed by atoms with E-state index in [4.69, 9.17) is 5.32 Å². The van der Waals surface area contributed by atoms with Gasteiger partial charge in [0, 0.05) is 7.05 Å². The van der Waals surface area contributed by atoms with E-state index in [2.05, 4.69) is 17.5 Å². The third-order valence-electron chi connectivity index (χ3n) is 5.18. The highest BCUT2D eigenvalue weighted by Gasteiger charge is 2.33. The summed E-state index contributed by atoms with van der Waals surface area (Å²) >= 11 is 0. The molecule has 0 aromatic rings. The van der Waals surface area contributed by atoms with Crippen LogP contribution in [0.5, 0.6) is 0 Å². The Hall–Kier alpha value is -0.160. The average Bonchev–Trinajstić information content (AvgIpc) is 2.82. The third-order valence-corrected chi connectivity index (χ3v) is 5.18. The first-order valence-electron chi connectivity index (χ1n) is 8.36. The predicted octanol–water partition coefficient (Wildman–Crippen LogP) is 1.60. The van der Waals surface area contributed by atoms with Gasteiger partial charge in [0.2, 0.25) is 0 Å². The molecule has 2 aliphatic carbocycles. The molecule has 3 rings (SSSR count). The zero-order chi connectivity index (χ0) is 13.1. The maximum absolute atomic E-state index is 5.15. The minimum absolute atomic E-state index is 0.330. The lowest BCUT2D eigenvalue weighted by Gasteiger charge is -2.43. The molecule has 0 radical (unpaired) electrons. The Kier molecular flexibility index (Phi) is 4.74. The molecule has 1 aliphatic heterocycles. The lowest BCUT2D eigenvalue weighted by Crippen LogP contribution is -3.18. The van der Waals surface area contributed by atoms with Gasteiger partial charge in [0.15, 0.2) is 0 Å². The lowest BCUT2D eigenvalue weighted by atomic mass is 9.94. The van der Waals surface area contributed by atoms with Crippen LogP contribution in [0.1, 0.15) is 64.2 Å². The van der Waals surface area contributed by atoms with Crippen molar-refractivity contribution in [3.63, 3.8) is 0 Å². The van der Waals surface area contributed by atoms with E-state index < -0.39 is 0 Å². The van der Waals surface area contributed by atoms with E-state index in [1.807, 2.05) is 0 Å². The molecule has 0 aromatic carbocycles. The highest BCUT2D eigenvalue weighted by molar-refractivity contribution is 4.95. The van der Waals surface area contributed by atoms with Crippen molar-refractivity contribution in [3.8, 4) is 0 Å². The zero-order valence-electron chi connectivity index (χ0n) is 12.4. The Morgan fingerprint density at radius 3 is 2.26 bits per heavy atom. The van der Waals surface area contributed by atoms with Crippen molar-refractivity contribution in [1.29, 1.82) is 0 Å². The Balaban J connectivity index is 1.57. The summed E-state index contributed by atoms with van der Waals surface area (Å²) in [6.07, 6.45) is 14.3. The van der Waals surface area contributed by atoms with Gasteiger partial charge < -0.3 is 10.2 Å². The third kappa shape index (κ3) is 3.48. The van der Waals surface area contributed by atoms with Gasteiger partial charge in [-0.15, -0.1) is 6.04 Å². The first-order valence-corrected chi connectivity index (χ1v) is 8.36. The maximum Gasteiger partial charge on any atom is 0.146 e. The van der Waals surface area contributed by atoms with Gasteiger partial charge in [-0.05, 0) is 25.7 Å². The van der Waals surface area contributed by atoms with Crippen molar-refractivity contribution in [2.24, 2.45) is 0 Å². The summed E-state index contributed by atoms with van der Waals surface area (Å²) in [5.41, 5.74) is 3.58. The van der Waals surface area contributed by atoms with Crippen molar-refractivity contribution in [1.82, 2.24) is 10.4 Å². The first-order chi connectivity index (χ1) is 9.33. The molecule has 4 heteroatoms. The average molecular weight is 266 g/mol. The van der Waals surface area contributed by atoms with E-state index in [1.165, 1.54) is 64.2 Å². The second-order valence-electron chi connectivity index (χ2n) is 6.74. The van der Waals surface area contributed by atoms with Crippen molar-refractivity contribution >= 4 is 0 Å². The first kappa shape index (κ1) is 13.8. The van der Waals surface area contributed by atoms with Gasteiger partial charge in [-0.2, -0.15) is 5.01 Å². The lowest BCUT2D eigenvalue weighted by molar-refractivity contribution is -0.939. The molecule has 0 aromatic heterocycles. The predicted molar refractivity (Wildman–Crippen MR) is 77.6 cm³/mol. The molecule has 2 atom stereocenters. The SMILES string of the molecule is CN1C[NH+](C2CCCCC2)C([N-]C2CCCCC2)N1. The number of hydrazine groups is 1. The van der Waals surface area contributed by atoms with Gasteiger partial charge in [-0.25, -0.2) is 5.43 Å². The van der Waals surface area contributed by atoms with Crippen LogP contribution in [0.4, 0.5) is 0 Å². The van der Waals surface area contributed by atoms with E-state index >= 15 is 0 Å². The minimum Gasteiger partial charge on any atom is -0.592 e. The smallest absolute Gasteiger partial charge is 0.146 e. The fourth-order valence-corrected chi connectivity index (χ4v) is 4.09. The number of nitrogens with one attached hydrogen (secondary N) is 2. The number of hydrogen-bond acceptors (Lipinski definition) is 2. The van der Waals surface area contributed by atoms with Crippen LogP contribution < -0.4 is 10.3 Å². The van der Waals surface area contributed by atoms with Gasteiger partial charge in [0.1, 0.15) is 6.67 Å². The van der Waals surface area contributed by atoms with Crippen LogP contribution in [0.15, 0.2) is 0 Å². The van der Waals surface area contributed by atoms with E-state index in [-0.39, 0.29) is 0 Å². The monoisotopic (exact) mass is 266 g/mol. The molecule has 19 heavy (non-hydrogen) atoms. The van der Waals surface area contributed by atoms with Gasteiger partial charge in [-0.3, -0.25) is 0 Å². The minimum atomic E-state index is 0.330. The number of quaternary nitrogens is 1. The van der Waals surface area contributed by atoms with Crippen LogP contribution >= 0.6 is 0 Å². The Bertz CT molecular complexity index is 271.